The summed E-state index contributed by atoms with van der Waals surface area (Å²) in [4.78, 5) is 2.58. The van der Waals surface area contributed by atoms with Crippen molar-refractivity contribution in [3.63, 3.8) is 0 Å². The van der Waals surface area contributed by atoms with E-state index in [0.717, 1.165) is 24.5 Å². The molecule has 2 N–H and O–H groups in total. The maximum absolute atomic E-state index is 3.79. The average Bonchev–Trinajstić information content (AvgIpc) is 3.18. The van der Waals surface area contributed by atoms with Gasteiger partial charge in [-0.2, -0.15) is 0 Å². The number of likely N-dealkylation sites (tertiary alicyclic amines) is 1. The van der Waals surface area contributed by atoms with Crippen LogP contribution in [-0.2, 0) is 13.1 Å². The summed E-state index contributed by atoms with van der Waals surface area (Å²) in [6.45, 7) is 11.7. The summed E-state index contributed by atoms with van der Waals surface area (Å²) in [5.74, 6) is 6.65. The SMILES string of the molecule is CCn1c(C#CCNc2ccccc2)cc2cc(CNC3CCN(C(C)C)CC3)ccc21. The third kappa shape index (κ3) is 5.54. The summed E-state index contributed by atoms with van der Waals surface area (Å²) in [6, 6.07) is 20.6. The first-order valence-electron chi connectivity index (χ1n) is 12.0. The maximum atomic E-state index is 3.79. The van der Waals surface area contributed by atoms with Gasteiger partial charge in [0.1, 0.15) is 0 Å². The van der Waals surface area contributed by atoms with Gasteiger partial charge in [0, 0.05) is 41.8 Å². The van der Waals surface area contributed by atoms with Gasteiger partial charge in [0.2, 0.25) is 0 Å². The second-order valence-electron chi connectivity index (χ2n) is 8.97. The largest absolute Gasteiger partial charge is 0.374 e. The molecule has 0 bridgehead atoms. The lowest BCUT2D eigenvalue weighted by Gasteiger charge is -2.35. The molecule has 0 aliphatic carbocycles. The summed E-state index contributed by atoms with van der Waals surface area (Å²) >= 11 is 0. The lowest BCUT2D eigenvalue weighted by molar-refractivity contribution is 0.161. The van der Waals surface area contributed by atoms with Crippen LogP contribution in [0.3, 0.4) is 0 Å². The molecular weight excluding hydrogens is 392 g/mol. The predicted molar refractivity (Wildman–Crippen MR) is 136 cm³/mol. The average molecular weight is 429 g/mol. The van der Waals surface area contributed by atoms with Crippen molar-refractivity contribution in [1.29, 1.82) is 0 Å². The molecule has 4 heteroatoms. The number of anilines is 1. The molecule has 3 aromatic rings. The number of hydrogen-bond acceptors (Lipinski definition) is 3. The number of aromatic nitrogens is 1. The zero-order chi connectivity index (χ0) is 22.3. The van der Waals surface area contributed by atoms with Gasteiger partial charge in [-0.25, -0.2) is 0 Å². The van der Waals surface area contributed by atoms with Gasteiger partial charge in [-0.3, -0.25) is 0 Å². The Balaban J connectivity index is 1.38. The summed E-state index contributed by atoms with van der Waals surface area (Å²) in [5, 5.41) is 8.42. The molecule has 1 aliphatic heterocycles. The van der Waals surface area contributed by atoms with E-state index in [1.165, 1.54) is 42.4 Å². The summed E-state index contributed by atoms with van der Waals surface area (Å²) in [7, 11) is 0. The van der Waals surface area contributed by atoms with Crippen LogP contribution in [0.15, 0.2) is 54.6 Å². The molecule has 0 spiro atoms. The van der Waals surface area contributed by atoms with E-state index in [1.54, 1.807) is 0 Å². The van der Waals surface area contributed by atoms with Crippen LogP contribution in [0.25, 0.3) is 10.9 Å². The molecule has 0 unspecified atom stereocenters. The first-order valence-corrected chi connectivity index (χ1v) is 12.0. The van der Waals surface area contributed by atoms with Crippen LogP contribution in [-0.4, -0.2) is 41.2 Å². The van der Waals surface area contributed by atoms with Crippen LogP contribution in [0.1, 0.15) is 44.9 Å². The number of benzene rings is 2. The highest BCUT2D eigenvalue weighted by Crippen LogP contribution is 2.22. The fourth-order valence-electron chi connectivity index (χ4n) is 4.59. The van der Waals surface area contributed by atoms with E-state index in [9.17, 15) is 0 Å². The Labute approximate surface area is 193 Å². The van der Waals surface area contributed by atoms with Gasteiger partial charge in [0.05, 0.1) is 12.2 Å². The molecule has 4 rings (SSSR count). The van der Waals surface area contributed by atoms with Crippen molar-refractivity contribution >= 4 is 16.6 Å². The monoisotopic (exact) mass is 428 g/mol. The van der Waals surface area contributed by atoms with Crippen LogP contribution >= 0.6 is 0 Å². The van der Waals surface area contributed by atoms with Crippen molar-refractivity contribution in [1.82, 2.24) is 14.8 Å². The van der Waals surface area contributed by atoms with E-state index in [-0.39, 0.29) is 0 Å². The summed E-state index contributed by atoms with van der Waals surface area (Å²) in [6.07, 6.45) is 2.48. The number of fused-ring (bicyclic) bond motifs is 1. The Hall–Kier alpha value is -2.74. The maximum Gasteiger partial charge on any atom is 0.0931 e. The molecule has 32 heavy (non-hydrogen) atoms. The van der Waals surface area contributed by atoms with Crippen molar-refractivity contribution in [2.45, 2.75) is 58.8 Å². The second kappa shape index (κ2) is 10.7. The number of piperidine rings is 1. The van der Waals surface area contributed by atoms with Crippen molar-refractivity contribution in [3.8, 4) is 11.8 Å². The number of para-hydroxylation sites is 1. The Morgan fingerprint density at radius 2 is 1.81 bits per heavy atom. The molecule has 168 valence electrons. The quantitative estimate of drug-likeness (QED) is 0.514. The van der Waals surface area contributed by atoms with Gasteiger partial charge < -0.3 is 20.1 Å². The van der Waals surface area contributed by atoms with Crippen LogP contribution in [0, 0.1) is 11.8 Å². The number of aryl methyl sites for hydroxylation is 1. The number of rotatable bonds is 7. The minimum Gasteiger partial charge on any atom is -0.374 e. The van der Waals surface area contributed by atoms with E-state index in [2.05, 4.69) is 89.1 Å². The summed E-state index contributed by atoms with van der Waals surface area (Å²) < 4.78 is 2.31. The second-order valence-corrected chi connectivity index (χ2v) is 8.97. The van der Waals surface area contributed by atoms with Gasteiger partial charge >= 0.3 is 0 Å². The molecule has 0 radical (unpaired) electrons. The van der Waals surface area contributed by atoms with Crippen LogP contribution < -0.4 is 10.6 Å². The molecule has 2 heterocycles. The molecule has 0 atom stereocenters. The Kier molecular flexibility index (Phi) is 7.52. The minimum atomic E-state index is 0.625. The van der Waals surface area contributed by atoms with Gasteiger partial charge in [-0.1, -0.05) is 30.2 Å². The standard InChI is InChI=1S/C28H36N4/c1-4-32-27(11-8-16-29-25-9-6-5-7-10-25)20-24-19-23(12-13-28(24)32)21-30-26-14-17-31(18-15-26)22(2)3/h5-7,9-10,12-13,19-20,22,26,29-30H,4,14-18,21H2,1-3H3. The van der Waals surface area contributed by atoms with Crippen LogP contribution in [0.4, 0.5) is 5.69 Å². The van der Waals surface area contributed by atoms with Gasteiger partial charge in [0.25, 0.3) is 0 Å². The Morgan fingerprint density at radius 1 is 1.03 bits per heavy atom. The lowest BCUT2D eigenvalue weighted by Crippen LogP contribution is -2.44. The highest BCUT2D eigenvalue weighted by molar-refractivity contribution is 5.83. The third-order valence-electron chi connectivity index (χ3n) is 6.51. The Morgan fingerprint density at radius 3 is 2.53 bits per heavy atom. The van der Waals surface area contributed by atoms with E-state index in [4.69, 9.17) is 0 Å². The molecule has 2 aromatic carbocycles. The molecule has 1 fully saturated rings. The molecule has 0 saturated carbocycles. The number of nitrogens with one attached hydrogen (secondary N) is 2. The normalized spacial score (nSPS) is 15.1. The van der Waals surface area contributed by atoms with E-state index >= 15 is 0 Å². The first-order chi connectivity index (χ1) is 15.6. The zero-order valence-corrected chi connectivity index (χ0v) is 19.7. The van der Waals surface area contributed by atoms with E-state index < -0.39 is 0 Å². The molecule has 4 nitrogen and oxygen atoms in total. The van der Waals surface area contributed by atoms with E-state index in [1.807, 2.05) is 18.2 Å². The van der Waals surface area contributed by atoms with Gasteiger partial charge in [-0.05, 0) is 88.5 Å². The molecule has 1 aromatic heterocycles. The third-order valence-corrected chi connectivity index (χ3v) is 6.51. The molecule has 0 amide bonds. The summed E-state index contributed by atoms with van der Waals surface area (Å²) in [5.41, 5.74) is 4.80. The highest BCUT2D eigenvalue weighted by Gasteiger charge is 2.20. The minimum absolute atomic E-state index is 0.625. The topological polar surface area (TPSA) is 32.2 Å². The van der Waals surface area contributed by atoms with E-state index in [0.29, 0.717) is 18.6 Å². The Bertz CT molecular complexity index is 1060. The first kappa shape index (κ1) is 22.5. The van der Waals surface area contributed by atoms with Gasteiger partial charge in [-0.15, -0.1) is 0 Å². The van der Waals surface area contributed by atoms with Crippen molar-refractivity contribution in [3.05, 3.63) is 65.9 Å². The van der Waals surface area contributed by atoms with Crippen LogP contribution in [0.2, 0.25) is 0 Å². The fourth-order valence-corrected chi connectivity index (χ4v) is 4.59. The van der Waals surface area contributed by atoms with Gasteiger partial charge in [0.15, 0.2) is 0 Å². The smallest absolute Gasteiger partial charge is 0.0931 e. The predicted octanol–water partition coefficient (Wildman–Crippen LogP) is 5.09. The van der Waals surface area contributed by atoms with Crippen molar-refractivity contribution in [2.75, 3.05) is 25.0 Å². The molecule has 1 aliphatic rings. The van der Waals surface area contributed by atoms with Crippen molar-refractivity contribution < 1.29 is 0 Å². The molecule has 1 saturated heterocycles. The fraction of sp³-hybridized carbons (Fsp3) is 0.429. The zero-order valence-electron chi connectivity index (χ0n) is 19.7. The highest BCUT2D eigenvalue weighted by atomic mass is 15.2. The van der Waals surface area contributed by atoms with Crippen molar-refractivity contribution in [2.24, 2.45) is 0 Å². The molecular formula is C28H36N4. The van der Waals surface area contributed by atoms with Crippen LogP contribution in [0.5, 0.6) is 0 Å². The number of nitrogens with zero attached hydrogens (tertiary/aromatic N) is 2. The number of hydrogen-bond donors (Lipinski definition) is 2. The lowest BCUT2D eigenvalue weighted by atomic mass is 10.0.